The third kappa shape index (κ3) is 3.85. The van der Waals surface area contributed by atoms with Gasteiger partial charge in [-0.25, -0.2) is 5.01 Å². The van der Waals surface area contributed by atoms with Crippen LogP contribution in [0.3, 0.4) is 0 Å². The average molecular weight is 170 g/mol. The molecule has 4 nitrogen and oxygen atoms in total. The summed E-state index contributed by atoms with van der Waals surface area (Å²) in [5.74, 6) is 0.112. The van der Waals surface area contributed by atoms with Gasteiger partial charge in [0, 0.05) is 19.2 Å². The van der Waals surface area contributed by atoms with Crippen LogP contribution in [-0.4, -0.2) is 30.0 Å². The second kappa shape index (κ2) is 5.46. The van der Waals surface area contributed by atoms with Crippen LogP contribution < -0.4 is 0 Å². The standard InChI is InChI=1S/C6H10N2O.C2H4O/c1-5-3-4-6(9)8(2)7-5;1-2-3/h3-4H2,1-2H3;2H,1H3. The lowest BCUT2D eigenvalue weighted by Crippen LogP contribution is -2.26. The van der Waals surface area contributed by atoms with Crippen molar-refractivity contribution in [1.29, 1.82) is 0 Å². The number of hydrogen-bond donors (Lipinski definition) is 0. The first-order valence-corrected chi connectivity index (χ1v) is 3.82. The maximum atomic E-state index is 10.8. The minimum atomic E-state index is 0.112. The average Bonchev–Trinajstić information content (AvgIpc) is 1.99. The molecule has 68 valence electrons. The summed E-state index contributed by atoms with van der Waals surface area (Å²) in [6.45, 7) is 3.38. The molecule has 0 aliphatic carbocycles. The maximum absolute atomic E-state index is 10.8. The third-order valence-corrected chi connectivity index (χ3v) is 1.38. The van der Waals surface area contributed by atoms with Gasteiger partial charge >= 0.3 is 0 Å². The van der Waals surface area contributed by atoms with Crippen LogP contribution in [0.5, 0.6) is 0 Å². The van der Waals surface area contributed by atoms with E-state index in [0.29, 0.717) is 6.42 Å². The third-order valence-electron chi connectivity index (χ3n) is 1.38. The van der Waals surface area contributed by atoms with Crippen LogP contribution in [0.1, 0.15) is 26.7 Å². The Hall–Kier alpha value is -1.19. The Bertz CT molecular complexity index is 199. The van der Waals surface area contributed by atoms with Gasteiger partial charge in [0.05, 0.1) is 0 Å². The zero-order valence-corrected chi connectivity index (χ0v) is 7.70. The van der Waals surface area contributed by atoms with Crippen molar-refractivity contribution >= 4 is 17.9 Å². The van der Waals surface area contributed by atoms with Crippen LogP contribution in [0, 0.1) is 0 Å². The Balaban J connectivity index is 0.000000354. The van der Waals surface area contributed by atoms with Gasteiger partial charge in [-0.15, -0.1) is 0 Å². The summed E-state index contributed by atoms with van der Waals surface area (Å²) in [6, 6.07) is 0. The molecular weight excluding hydrogens is 156 g/mol. The lowest BCUT2D eigenvalue weighted by molar-refractivity contribution is -0.130. The highest BCUT2D eigenvalue weighted by atomic mass is 16.2. The Morgan fingerprint density at radius 3 is 2.33 bits per heavy atom. The molecule has 1 heterocycles. The van der Waals surface area contributed by atoms with Gasteiger partial charge in [0.2, 0.25) is 5.91 Å². The Kier molecular flexibility index (Phi) is 4.92. The van der Waals surface area contributed by atoms with Crippen molar-refractivity contribution in [3.05, 3.63) is 0 Å². The SMILES string of the molecule is CC1=NN(C)C(=O)CC1.CC=O. The van der Waals surface area contributed by atoms with Gasteiger partial charge in [0.15, 0.2) is 0 Å². The highest BCUT2D eigenvalue weighted by Gasteiger charge is 2.12. The van der Waals surface area contributed by atoms with E-state index in [1.54, 1.807) is 7.05 Å². The van der Waals surface area contributed by atoms with Crippen molar-refractivity contribution in [3.8, 4) is 0 Å². The second-order valence-corrected chi connectivity index (χ2v) is 2.49. The molecule has 4 heteroatoms. The minimum Gasteiger partial charge on any atom is -0.304 e. The molecule has 0 unspecified atom stereocenters. The molecule has 0 bridgehead atoms. The first-order chi connectivity index (χ1) is 5.61. The Morgan fingerprint density at radius 2 is 2.00 bits per heavy atom. The Labute approximate surface area is 72.2 Å². The normalized spacial score (nSPS) is 16.1. The fourth-order valence-corrected chi connectivity index (χ4v) is 0.811. The number of nitrogens with zero attached hydrogens (tertiary/aromatic N) is 2. The zero-order valence-electron chi connectivity index (χ0n) is 7.70. The monoisotopic (exact) mass is 170 g/mol. The highest BCUT2D eigenvalue weighted by Crippen LogP contribution is 2.05. The van der Waals surface area contributed by atoms with E-state index in [1.165, 1.54) is 11.9 Å². The van der Waals surface area contributed by atoms with Crippen LogP contribution in [0.15, 0.2) is 5.10 Å². The van der Waals surface area contributed by atoms with Crippen LogP contribution in [-0.2, 0) is 9.59 Å². The number of carbonyl (C=O) groups is 2. The number of rotatable bonds is 0. The van der Waals surface area contributed by atoms with Crippen LogP contribution in [0.4, 0.5) is 0 Å². The largest absolute Gasteiger partial charge is 0.304 e. The first kappa shape index (κ1) is 10.8. The molecule has 1 aliphatic heterocycles. The van der Waals surface area contributed by atoms with E-state index in [4.69, 9.17) is 4.79 Å². The van der Waals surface area contributed by atoms with Gasteiger partial charge in [-0.3, -0.25) is 4.79 Å². The molecule has 0 atom stereocenters. The first-order valence-electron chi connectivity index (χ1n) is 3.82. The summed E-state index contributed by atoms with van der Waals surface area (Å²) in [7, 11) is 1.69. The van der Waals surface area contributed by atoms with E-state index >= 15 is 0 Å². The molecular formula is C8H14N2O2. The number of amides is 1. The van der Waals surface area contributed by atoms with Crippen molar-refractivity contribution < 1.29 is 9.59 Å². The van der Waals surface area contributed by atoms with Crippen molar-refractivity contribution in [3.63, 3.8) is 0 Å². The highest BCUT2D eigenvalue weighted by molar-refractivity contribution is 5.90. The number of hydrazone groups is 1. The molecule has 0 spiro atoms. The molecule has 0 aromatic carbocycles. The summed E-state index contributed by atoms with van der Waals surface area (Å²) >= 11 is 0. The zero-order chi connectivity index (χ0) is 9.56. The smallest absolute Gasteiger partial charge is 0.242 e. The fraction of sp³-hybridized carbons (Fsp3) is 0.625. The van der Waals surface area contributed by atoms with E-state index in [-0.39, 0.29) is 5.91 Å². The predicted octanol–water partition coefficient (Wildman–Crippen LogP) is 0.820. The lowest BCUT2D eigenvalue weighted by atomic mass is 10.2. The topological polar surface area (TPSA) is 49.7 Å². The molecule has 0 radical (unpaired) electrons. The maximum Gasteiger partial charge on any atom is 0.242 e. The van der Waals surface area contributed by atoms with Crippen molar-refractivity contribution in [2.75, 3.05) is 7.05 Å². The van der Waals surface area contributed by atoms with E-state index in [1.807, 2.05) is 6.92 Å². The predicted molar refractivity (Wildman–Crippen MR) is 46.9 cm³/mol. The number of hydrogen-bond acceptors (Lipinski definition) is 3. The molecule has 1 rings (SSSR count). The molecule has 12 heavy (non-hydrogen) atoms. The van der Waals surface area contributed by atoms with Crippen molar-refractivity contribution in [1.82, 2.24) is 5.01 Å². The molecule has 0 N–H and O–H groups in total. The lowest BCUT2D eigenvalue weighted by Gasteiger charge is -2.16. The van der Waals surface area contributed by atoms with Gasteiger partial charge < -0.3 is 4.79 Å². The van der Waals surface area contributed by atoms with Gasteiger partial charge in [-0.1, -0.05) is 0 Å². The summed E-state index contributed by atoms with van der Waals surface area (Å²) < 4.78 is 0. The molecule has 1 amide bonds. The van der Waals surface area contributed by atoms with E-state index < -0.39 is 0 Å². The van der Waals surface area contributed by atoms with Gasteiger partial charge in [0.25, 0.3) is 0 Å². The fourth-order valence-electron chi connectivity index (χ4n) is 0.811. The van der Waals surface area contributed by atoms with Crippen LogP contribution in [0.25, 0.3) is 0 Å². The van der Waals surface area contributed by atoms with Crippen molar-refractivity contribution in [2.24, 2.45) is 5.10 Å². The molecule has 0 aromatic rings. The summed E-state index contributed by atoms with van der Waals surface area (Å²) in [5.41, 5.74) is 1.04. The number of aldehydes is 1. The van der Waals surface area contributed by atoms with Gasteiger partial charge in [-0.05, 0) is 20.3 Å². The summed E-state index contributed by atoms with van der Waals surface area (Å²) in [5, 5.41) is 5.37. The number of carbonyl (C=O) groups excluding carboxylic acids is 2. The minimum absolute atomic E-state index is 0.112. The van der Waals surface area contributed by atoms with Crippen LogP contribution >= 0.6 is 0 Å². The van der Waals surface area contributed by atoms with Crippen LogP contribution in [0.2, 0.25) is 0 Å². The molecule has 0 saturated heterocycles. The summed E-state index contributed by atoms with van der Waals surface area (Å²) in [6.07, 6.45) is 2.19. The molecule has 1 aliphatic rings. The quantitative estimate of drug-likeness (QED) is 0.505. The second-order valence-electron chi connectivity index (χ2n) is 2.49. The van der Waals surface area contributed by atoms with E-state index in [9.17, 15) is 4.79 Å². The van der Waals surface area contributed by atoms with Crippen molar-refractivity contribution in [2.45, 2.75) is 26.7 Å². The molecule has 0 fully saturated rings. The molecule has 0 aromatic heterocycles. The van der Waals surface area contributed by atoms with Gasteiger partial charge in [0.1, 0.15) is 6.29 Å². The van der Waals surface area contributed by atoms with Gasteiger partial charge in [-0.2, -0.15) is 5.10 Å². The van der Waals surface area contributed by atoms with E-state index in [0.717, 1.165) is 18.4 Å². The Morgan fingerprint density at radius 1 is 1.50 bits per heavy atom. The molecule has 0 saturated carbocycles. The van der Waals surface area contributed by atoms with E-state index in [2.05, 4.69) is 5.10 Å². The summed E-state index contributed by atoms with van der Waals surface area (Å²) in [4.78, 5) is 19.6.